The Kier molecular flexibility index (Phi) is 9.16. The Morgan fingerprint density at radius 1 is 0.923 bits per heavy atom. The van der Waals surface area contributed by atoms with Gasteiger partial charge in [0.2, 0.25) is 0 Å². The molecule has 0 spiro atoms. The third-order valence-electron chi connectivity index (χ3n) is 7.31. The van der Waals surface area contributed by atoms with E-state index in [1.54, 1.807) is 12.1 Å². The van der Waals surface area contributed by atoms with Crippen molar-refractivity contribution in [2.24, 2.45) is 0 Å². The third-order valence-corrected chi connectivity index (χ3v) is 7.31. The number of halogens is 1. The molecule has 1 aromatic heterocycles. The lowest BCUT2D eigenvalue weighted by Crippen LogP contribution is -2.38. The Morgan fingerprint density at radius 2 is 1.59 bits per heavy atom. The summed E-state index contributed by atoms with van der Waals surface area (Å²) in [6.07, 6.45) is 4.08. The molecule has 1 N–H and O–H groups in total. The van der Waals surface area contributed by atoms with Gasteiger partial charge < -0.3 is 24.4 Å². The van der Waals surface area contributed by atoms with Crippen LogP contribution in [0.5, 0.6) is 11.5 Å². The molecule has 0 bridgehead atoms. The number of anilines is 2. The van der Waals surface area contributed by atoms with E-state index in [2.05, 4.69) is 44.4 Å². The van der Waals surface area contributed by atoms with Crippen molar-refractivity contribution >= 4 is 11.5 Å². The first kappa shape index (κ1) is 27.2. The molecule has 0 saturated carbocycles. The number of hydrogen-bond acceptors (Lipinski definition) is 7. The van der Waals surface area contributed by atoms with E-state index in [0.717, 1.165) is 98.5 Å². The van der Waals surface area contributed by atoms with E-state index in [9.17, 15) is 4.39 Å². The highest BCUT2D eigenvalue weighted by atomic mass is 19.1. The van der Waals surface area contributed by atoms with Gasteiger partial charge in [-0.25, -0.2) is 9.37 Å². The molecule has 208 valence electrons. The number of piperidine rings is 1. The monoisotopic (exact) mass is 534 g/mol. The van der Waals surface area contributed by atoms with E-state index in [-0.39, 0.29) is 5.82 Å². The van der Waals surface area contributed by atoms with E-state index in [0.29, 0.717) is 19.3 Å². The van der Waals surface area contributed by atoms with Crippen molar-refractivity contribution in [1.82, 2.24) is 9.88 Å². The fourth-order valence-corrected chi connectivity index (χ4v) is 5.36. The van der Waals surface area contributed by atoms with Crippen LogP contribution in [0, 0.1) is 5.82 Å². The molecule has 8 heteroatoms. The normalized spacial score (nSPS) is 16.7. The third kappa shape index (κ3) is 6.99. The summed E-state index contributed by atoms with van der Waals surface area (Å²) in [5, 5.41) is 3.68. The number of benzene rings is 2. The number of nitrogens with one attached hydrogen (secondary N) is 1. The summed E-state index contributed by atoms with van der Waals surface area (Å²) in [7, 11) is 0. The Labute approximate surface area is 230 Å². The molecule has 0 aliphatic carbocycles. The highest BCUT2D eigenvalue weighted by Gasteiger charge is 2.22. The van der Waals surface area contributed by atoms with Crippen molar-refractivity contribution in [2.45, 2.75) is 39.3 Å². The number of aromatic nitrogens is 1. The van der Waals surface area contributed by atoms with Crippen molar-refractivity contribution in [3.63, 3.8) is 0 Å². The van der Waals surface area contributed by atoms with Crippen LogP contribution in [0.15, 0.2) is 54.7 Å². The lowest BCUT2D eigenvalue weighted by molar-refractivity contribution is 0.122. The number of pyridine rings is 1. The molecule has 2 aliphatic heterocycles. The first-order valence-corrected chi connectivity index (χ1v) is 14.1. The smallest absolute Gasteiger partial charge is 0.131 e. The first-order chi connectivity index (χ1) is 19.1. The maximum atomic E-state index is 13.6. The van der Waals surface area contributed by atoms with Gasteiger partial charge in [-0.05, 0) is 74.2 Å². The minimum atomic E-state index is -0.259. The predicted molar refractivity (Wildman–Crippen MR) is 153 cm³/mol. The van der Waals surface area contributed by atoms with Gasteiger partial charge in [0.05, 0.1) is 43.9 Å². The molecule has 3 heterocycles. The van der Waals surface area contributed by atoms with E-state index in [1.807, 2.05) is 20.0 Å². The maximum absolute atomic E-state index is 13.6. The SMILES string of the molecule is CCOc1cc(CN2CCC(Nc3ccc(N4CCOCC4)nc3)CC2)cc(OCC)c1-c1ccc(F)cc1. The molecule has 0 unspecified atom stereocenters. The Balaban J connectivity index is 1.21. The molecule has 2 aliphatic rings. The number of morpholine rings is 1. The molecule has 2 aromatic carbocycles. The predicted octanol–water partition coefficient (Wildman–Crippen LogP) is 5.60. The van der Waals surface area contributed by atoms with Gasteiger partial charge in [-0.3, -0.25) is 4.90 Å². The number of nitrogens with zero attached hydrogens (tertiary/aromatic N) is 3. The zero-order valence-corrected chi connectivity index (χ0v) is 23.0. The largest absolute Gasteiger partial charge is 0.493 e. The van der Waals surface area contributed by atoms with E-state index < -0.39 is 0 Å². The number of hydrogen-bond donors (Lipinski definition) is 1. The van der Waals surface area contributed by atoms with Crippen molar-refractivity contribution in [3.05, 3.63) is 66.1 Å². The Morgan fingerprint density at radius 3 is 2.18 bits per heavy atom. The summed E-state index contributed by atoms with van der Waals surface area (Å²) < 4.78 is 31.1. The van der Waals surface area contributed by atoms with Crippen LogP contribution in [0.25, 0.3) is 11.1 Å². The highest BCUT2D eigenvalue weighted by molar-refractivity contribution is 5.77. The molecule has 0 amide bonds. The second kappa shape index (κ2) is 13.1. The summed E-state index contributed by atoms with van der Waals surface area (Å²) in [5.74, 6) is 2.30. The fraction of sp³-hybridized carbons (Fsp3) is 0.452. The van der Waals surface area contributed by atoms with Gasteiger partial charge in [0.15, 0.2) is 0 Å². The van der Waals surface area contributed by atoms with Gasteiger partial charge in [-0.2, -0.15) is 0 Å². The van der Waals surface area contributed by atoms with E-state index in [4.69, 9.17) is 14.2 Å². The molecule has 39 heavy (non-hydrogen) atoms. The molecule has 0 radical (unpaired) electrons. The average molecular weight is 535 g/mol. The van der Waals surface area contributed by atoms with Crippen LogP contribution in [0.3, 0.4) is 0 Å². The standard InChI is InChI=1S/C31H39FN4O3/c1-3-38-28-19-23(20-29(39-4-2)31(28)24-5-7-25(32)8-6-24)22-35-13-11-26(12-14-35)34-27-9-10-30(33-21-27)36-15-17-37-18-16-36/h5-10,19-21,26,34H,3-4,11-18,22H2,1-2H3. The molecule has 5 rings (SSSR count). The summed E-state index contributed by atoms with van der Waals surface area (Å²) in [6.45, 7) is 11.2. The minimum absolute atomic E-state index is 0.259. The van der Waals surface area contributed by atoms with E-state index >= 15 is 0 Å². The topological polar surface area (TPSA) is 59.1 Å². The van der Waals surface area contributed by atoms with Gasteiger partial charge in [-0.15, -0.1) is 0 Å². The Bertz CT molecular complexity index is 1160. The first-order valence-electron chi connectivity index (χ1n) is 14.1. The van der Waals surface area contributed by atoms with Crippen LogP contribution in [-0.4, -0.2) is 68.5 Å². The molecule has 2 saturated heterocycles. The number of likely N-dealkylation sites (tertiary alicyclic amines) is 1. The summed E-state index contributed by atoms with van der Waals surface area (Å²) in [4.78, 5) is 9.43. The molecule has 2 fully saturated rings. The number of ether oxygens (including phenoxy) is 3. The zero-order valence-electron chi connectivity index (χ0n) is 23.0. The molecule has 3 aromatic rings. The maximum Gasteiger partial charge on any atom is 0.131 e. The Hall–Kier alpha value is -3.36. The zero-order chi connectivity index (χ0) is 27.0. The molecular formula is C31H39FN4O3. The van der Waals surface area contributed by atoms with Crippen LogP contribution in [0.1, 0.15) is 32.3 Å². The summed E-state index contributed by atoms with van der Waals surface area (Å²) in [5.41, 5.74) is 3.99. The second-order valence-electron chi connectivity index (χ2n) is 10.0. The lowest BCUT2D eigenvalue weighted by atomic mass is 9.99. The molecular weight excluding hydrogens is 495 g/mol. The van der Waals surface area contributed by atoms with Crippen LogP contribution in [0.4, 0.5) is 15.9 Å². The average Bonchev–Trinajstić information content (AvgIpc) is 2.96. The van der Waals surface area contributed by atoms with Crippen molar-refractivity contribution in [3.8, 4) is 22.6 Å². The van der Waals surface area contributed by atoms with Crippen LogP contribution in [0.2, 0.25) is 0 Å². The lowest BCUT2D eigenvalue weighted by Gasteiger charge is -2.33. The van der Waals surface area contributed by atoms with Crippen LogP contribution >= 0.6 is 0 Å². The van der Waals surface area contributed by atoms with Gasteiger partial charge in [0.1, 0.15) is 23.1 Å². The van der Waals surface area contributed by atoms with Crippen molar-refractivity contribution in [2.75, 3.05) is 62.8 Å². The van der Waals surface area contributed by atoms with Gasteiger partial charge in [-0.1, -0.05) is 12.1 Å². The fourth-order valence-electron chi connectivity index (χ4n) is 5.36. The minimum Gasteiger partial charge on any atom is -0.493 e. The van der Waals surface area contributed by atoms with Gasteiger partial charge >= 0.3 is 0 Å². The van der Waals surface area contributed by atoms with Crippen LogP contribution in [-0.2, 0) is 11.3 Å². The second-order valence-corrected chi connectivity index (χ2v) is 10.0. The molecule has 7 nitrogen and oxygen atoms in total. The van der Waals surface area contributed by atoms with Gasteiger partial charge in [0.25, 0.3) is 0 Å². The van der Waals surface area contributed by atoms with E-state index in [1.165, 1.54) is 12.1 Å². The van der Waals surface area contributed by atoms with Crippen molar-refractivity contribution in [1.29, 1.82) is 0 Å². The quantitative estimate of drug-likeness (QED) is 0.363. The van der Waals surface area contributed by atoms with Crippen molar-refractivity contribution < 1.29 is 18.6 Å². The summed E-state index contributed by atoms with van der Waals surface area (Å²) >= 11 is 0. The molecule has 0 atom stereocenters. The number of rotatable bonds is 10. The highest BCUT2D eigenvalue weighted by Crippen LogP contribution is 2.40. The summed E-state index contributed by atoms with van der Waals surface area (Å²) in [6, 6.07) is 15.4. The van der Waals surface area contributed by atoms with Crippen LogP contribution < -0.4 is 19.7 Å². The van der Waals surface area contributed by atoms with Gasteiger partial charge in [0, 0.05) is 38.8 Å².